The highest BCUT2D eigenvalue weighted by Gasteiger charge is 1.99. The first-order chi connectivity index (χ1) is 4.18. The molecule has 1 aromatic rings. The molecule has 1 heterocycles. The van der Waals surface area contributed by atoms with Gasteiger partial charge in [0.1, 0.15) is 0 Å². The van der Waals surface area contributed by atoms with Crippen LogP contribution in [0.15, 0.2) is 0 Å². The number of nitrogens with zero attached hydrogens (tertiary/aromatic N) is 3. The van der Waals surface area contributed by atoms with E-state index in [1.54, 1.807) is 0 Å². The summed E-state index contributed by atoms with van der Waals surface area (Å²) < 4.78 is 12.0. The molecule has 7 heteroatoms. The van der Waals surface area contributed by atoms with Gasteiger partial charge in [0.05, 0.1) is 0 Å². The first-order valence-corrected chi connectivity index (χ1v) is 2.66. The van der Waals surface area contributed by atoms with E-state index in [1.807, 2.05) is 0 Å². The maximum atomic E-state index is 12.0. The van der Waals surface area contributed by atoms with Crippen molar-refractivity contribution in [1.82, 2.24) is 15.0 Å². The molecule has 0 atom stereocenters. The molecule has 0 unspecified atom stereocenters. The summed E-state index contributed by atoms with van der Waals surface area (Å²) in [6.45, 7) is 0. The van der Waals surface area contributed by atoms with Gasteiger partial charge in [0, 0.05) is 0 Å². The van der Waals surface area contributed by atoms with Gasteiger partial charge < -0.3 is 4.70 Å². The highest BCUT2D eigenvalue weighted by atomic mass is 35.5. The molecule has 0 aliphatic heterocycles. The van der Waals surface area contributed by atoms with E-state index in [2.05, 4.69) is 15.0 Å². The summed E-state index contributed by atoms with van der Waals surface area (Å²) in [5.41, 5.74) is 0. The molecule has 0 spiro atoms. The van der Waals surface area contributed by atoms with Crippen LogP contribution >= 0.6 is 23.2 Å². The van der Waals surface area contributed by atoms with Crippen LogP contribution in [0.5, 0.6) is 0 Å². The van der Waals surface area contributed by atoms with Crippen LogP contribution in [-0.4, -0.2) is 15.0 Å². The molecule has 0 amide bonds. The third-order valence-corrected chi connectivity index (χ3v) is 0.892. The molecular weight excluding hydrogens is 187 g/mol. The van der Waals surface area contributed by atoms with Gasteiger partial charge in [-0.25, -0.2) is 0 Å². The van der Waals surface area contributed by atoms with Gasteiger partial charge in [0.25, 0.3) is 0 Å². The van der Waals surface area contributed by atoms with Crippen molar-refractivity contribution in [3.8, 4) is 0 Å². The summed E-state index contributed by atoms with van der Waals surface area (Å²) in [6.07, 6.45) is -0.972. The maximum Gasteiger partial charge on any atom is 1.00 e. The molecule has 0 saturated heterocycles. The van der Waals surface area contributed by atoms with Crippen molar-refractivity contribution in [1.29, 1.82) is 0 Å². The van der Waals surface area contributed by atoms with Crippen LogP contribution in [0.4, 0.5) is 4.39 Å². The maximum absolute atomic E-state index is 12.0. The smallest absolute Gasteiger partial charge is 1.00 e. The lowest BCUT2D eigenvalue weighted by Gasteiger charge is -1.87. The summed E-state index contributed by atoms with van der Waals surface area (Å²) in [5, 5.41) is -0.486. The van der Waals surface area contributed by atoms with Crippen LogP contribution in [0.1, 0.15) is 1.43 Å². The Balaban J connectivity index is 0. The fraction of sp³-hybridized carbons (Fsp3) is 0. The quantitative estimate of drug-likeness (QED) is 0.493. The zero-order chi connectivity index (χ0) is 6.85. The molecular formula is C3HCl2F2N3. The molecule has 3 nitrogen and oxygen atoms in total. The molecule has 0 aromatic carbocycles. The van der Waals surface area contributed by atoms with E-state index in [1.165, 1.54) is 0 Å². The zero-order valence-electron chi connectivity index (χ0n) is 5.35. The first-order valence-electron chi connectivity index (χ1n) is 1.91. The Labute approximate surface area is 66.1 Å². The Morgan fingerprint density at radius 3 is 1.80 bits per heavy atom. The van der Waals surface area contributed by atoms with Crippen molar-refractivity contribution < 1.29 is 10.5 Å². The van der Waals surface area contributed by atoms with Gasteiger partial charge in [-0.2, -0.15) is 19.3 Å². The topological polar surface area (TPSA) is 38.7 Å². The third kappa shape index (κ3) is 2.36. The second kappa shape index (κ2) is 3.58. The molecule has 10 heavy (non-hydrogen) atoms. The standard InChI is InChI=1S/C3Cl2FN3.FH/c4-1-7-2(5)9-3(6)8-1;/h;1H. The molecule has 1 rings (SSSR count). The second-order valence-corrected chi connectivity index (χ2v) is 1.82. The van der Waals surface area contributed by atoms with Crippen molar-refractivity contribution in [3.63, 3.8) is 0 Å². The van der Waals surface area contributed by atoms with Crippen LogP contribution in [0, 0.1) is 6.08 Å². The van der Waals surface area contributed by atoms with Crippen molar-refractivity contribution in [2.45, 2.75) is 0 Å². The average Bonchev–Trinajstić information content (AvgIpc) is 1.59. The van der Waals surface area contributed by atoms with Crippen molar-refractivity contribution in [3.05, 3.63) is 16.6 Å². The first kappa shape index (κ1) is 9.45. The molecule has 0 saturated carbocycles. The summed E-state index contributed by atoms with van der Waals surface area (Å²) in [5.74, 6) is 0. The summed E-state index contributed by atoms with van der Waals surface area (Å²) >= 11 is 10.3. The Bertz CT molecular complexity index is 185. The fourth-order valence-electron chi connectivity index (χ4n) is 0.303. The van der Waals surface area contributed by atoms with Gasteiger partial charge >= 0.3 is 7.50 Å². The minimum atomic E-state index is -0.972. The Morgan fingerprint density at radius 2 is 1.50 bits per heavy atom. The lowest BCUT2D eigenvalue weighted by atomic mass is 11.0. The van der Waals surface area contributed by atoms with Crippen molar-refractivity contribution in [2.75, 3.05) is 0 Å². The van der Waals surface area contributed by atoms with E-state index in [9.17, 15) is 4.39 Å². The lowest BCUT2D eigenvalue weighted by molar-refractivity contribution is -0.00000284. The van der Waals surface area contributed by atoms with Crippen molar-refractivity contribution in [2.24, 2.45) is 0 Å². The van der Waals surface area contributed by atoms with E-state index in [4.69, 9.17) is 23.2 Å². The summed E-state index contributed by atoms with van der Waals surface area (Å²) in [7, 11) is 0. The highest BCUT2D eigenvalue weighted by molar-refractivity contribution is 6.30. The van der Waals surface area contributed by atoms with Gasteiger partial charge in [-0.1, -0.05) is 0 Å². The summed E-state index contributed by atoms with van der Waals surface area (Å²) in [6, 6.07) is 0. The van der Waals surface area contributed by atoms with Gasteiger partial charge in [0.15, 0.2) is 0 Å². The van der Waals surface area contributed by atoms with Gasteiger partial charge in [-0.3, -0.25) is 0 Å². The number of rotatable bonds is 0. The minimum Gasteiger partial charge on any atom is -1.00 e. The molecule has 0 aliphatic rings. The predicted octanol–water partition coefficient (Wildman–Crippen LogP) is -1.57. The van der Waals surface area contributed by atoms with Crippen molar-refractivity contribution >= 4 is 23.2 Å². The highest BCUT2D eigenvalue weighted by Crippen LogP contribution is 2.04. The fourth-order valence-corrected chi connectivity index (χ4v) is 0.646. The minimum absolute atomic E-state index is 0. The molecule has 56 valence electrons. The van der Waals surface area contributed by atoms with E-state index in [0.717, 1.165) is 0 Å². The van der Waals surface area contributed by atoms with Crippen LogP contribution in [0.25, 0.3) is 0 Å². The average molecular weight is 188 g/mol. The monoisotopic (exact) mass is 187 g/mol. The van der Waals surface area contributed by atoms with Crippen LogP contribution in [0.3, 0.4) is 0 Å². The third-order valence-electron chi connectivity index (χ3n) is 0.554. The van der Waals surface area contributed by atoms with E-state index >= 15 is 0 Å². The Kier molecular flexibility index (Phi) is 3.38. The SMILES string of the molecule is Fc1nc(Cl)nc(Cl)n1.[F-].[H+]. The van der Waals surface area contributed by atoms with Gasteiger partial charge in [-0.15, -0.1) is 0 Å². The van der Waals surface area contributed by atoms with Gasteiger partial charge in [-0.05, 0) is 23.2 Å². The Morgan fingerprint density at radius 1 is 1.10 bits per heavy atom. The number of hydrogen-bond donors (Lipinski definition) is 0. The Hall–Kier alpha value is -0.550. The largest absolute Gasteiger partial charge is 1.00 e. The van der Waals surface area contributed by atoms with E-state index < -0.39 is 6.08 Å². The molecule has 1 aromatic heterocycles. The summed E-state index contributed by atoms with van der Waals surface area (Å²) in [4.78, 5) is 9.36. The van der Waals surface area contributed by atoms with E-state index in [-0.39, 0.29) is 16.7 Å². The van der Waals surface area contributed by atoms with E-state index in [0.29, 0.717) is 0 Å². The zero-order valence-corrected chi connectivity index (χ0v) is 5.87. The molecule has 0 N–H and O–H groups in total. The molecule has 0 bridgehead atoms. The normalized spacial score (nSPS) is 8.70. The molecule has 0 fully saturated rings. The van der Waals surface area contributed by atoms with Crippen LogP contribution in [0.2, 0.25) is 10.6 Å². The predicted molar refractivity (Wildman–Crippen MR) is 30.9 cm³/mol. The lowest BCUT2D eigenvalue weighted by Crippen LogP contribution is -3.00. The van der Waals surface area contributed by atoms with Gasteiger partial charge in [0.2, 0.25) is 10.6 Å². The number of halogens is 4. The molecule has 0 aliphatic carbocycles. The number of hydrogen-bond acceptors (Lipinski definition) is 3. The van der Waals surface area contributed by atoms with Crippen LogP contribution < -0.4 is 4.70 Å². The number of aromatic nitrogens is 3. The molecule has 0 radical (unpaired) electrons. The second-order valence-electron chi connectivity index (χ2n) is 1.14. The van der Waals surface area contributed by atoms with Crippen LogP contribution in [-0.2, 0) is 0 Å².